The predicted octanol–water partition coefficient (Wildman–Crippen LogP) is 3.01. The van der Waals surface area contributed by atoms with Crippen LogP contribution < -0.4 is 5.32 Å². The molecule has 0 aliphatic carbocycles. The van der Waals surface area contributed by atoms with E-state index in [0.717, 1.165) is 10.2 Å². The van der Waals surface area contributed by atoms with E-state index in [1.807, 2.05) is 12.1 Å². The molecule has 32 heavy (non-hydrogen) atoms. The molecule has 1 aliphatic heterocycles. The van der Waals surface area contributed by atoms with Gasteiger partial charge in [-0.05, 0) is 49.4 Å². The van der Waals surface area contributed by atoms with Gasteiger partial charge in [0.05, 0.1) is 27.2 Å². The first-order chi connectivity index (χ1) is 15.4. The van der Waals surface area contributed by atoms with Gasteiger partial charge in [-0.1, -0.05) is 0 Å². The molecule has 0 radical (unpaired) electrons. The summed E-state index contributed by atoms with van der Waals surface area (Å²) in [5, 5.41) is 2.82. The van der Waals surface area contributed by atoms with Gasteiger partial charge in [-0.15, -0.1) is 11.3 Å². The summed E-state index contributed by atoms with van der Waals surface area (Å²) in [4.78, 5) is 30.2. The van der Waals surface area contributed by atoms with Gasteiger partial charge in [-0.2, -0.15) is 4.31 Å². The highest BCUT2D eigenvalue weighted by Crippen LogP contribution is 2.23. The number of carbonyl (C=O) groups is 2. The molecular formula is C21H22N4O5S2. The zero-order valence-corrected chi connectivity index (χ0v) is 19.0. The van der Waals surface area contributed by atoms with Crippen LogP contribution in [0.4, 0.5) is 10.5 Å². The summed E-state index contributed by atoms with van der Waals surface area (Å²) in [6, 6.07) is 11.3. The second kappa shape index (κ2) is 9.23. The van der Waals surface area contributed by atoms with Gasteiger partial charge < -0.3 is 15.0 Å². The van der Waals surface area contributed by atoms with Crippen molar-refractivity contribution in [3.63, 3.8) is 0 Å². The number of rotatable bonds is 5. The number of hydrogen-bond donors (Lipinski definition) is 1. The summed E-state index contributed by atoms with van der Waals surface area (Å²) in [6.07, 6.45) is -0.436. The number of ether oxygens (including phenoxy) is 1. The first kappa shape index (κ1) is 22.2. The van der Waals surface area contributed by atoms with Crippen LogP contribution in [0.5, 0.6) is 0 Å². The average molecular weight is 475 g/mol. The number of anilines is 1. The number of fused-ring (bicyclic) bond motifs is 1. The maximum atomic E-state index is 12.9. The molecule has 0 atom stereocenters. The summed E-state index contributed by atoms with van der Waals surface area (Å²) in [7, 11) is -3.73. The van der Waals surface area contributed by atoms with Gasteiger partial charge in [0.2, 0.25) is 10.0 Å². The molecule has 1 aliphatic rings. The third-order valence-electron chi connectivity index (χ3n) is 5.11. The summed E-state index contributed by atoms with van der Waals surface area (Å²) >= 11 is 1.48. The number of carbonyl (C=O) groups excluding carboxylic acids is 2. The van der Waals surface area contributed by atoms with Gasteiger partial charge in [0, 0.05) is 37.4 Å². The highest BCUT2D eigenvalue weighted by molar-refractivity contribution is 7.89. The fourth-order valence-electron chi connectivity index (χ4n) is 3.39. The smallest absolute Gasteiger partial charge is 0.409 e. The number of benzene rings is 2. The molecule has 2 heterocycles. The predicted molar refractivity (Wildman–Crippen MR) is 121 cm³/mol. The SMILES string of the molecule is CCOC(=O)N1CCN(S(=O)(=O)c2ccc(C(=O)Nc3ccc4ncsc4c3)cc2)CC1. The van der Waals surface area contributed by atoms with Gasteiger partial charge in [-0.25, -0.2) is 18.2 Å². The Morgan fingerprint density at radius 2 is 1.81 bits per heavy atom. The van der Waals surface area contributed by atoms with Crippen LogP contribution in [0, 0.1) is 0 Å². The summed E-state index contributed by atoms with van der Waals surface area (Å²) < 4.78 is 33.2. The molecule has 9 nitrogen and oxygen atoms in total. The van der Waals surface area contributed by atoms with E-state index in [2.05, 4.69) is 10.3 Å². The maximum Gasteiger partial charge on any atom is 0.409 e. The molecule has 1 N–H and O–H groups in total. The van der Waals surface area contributed by atoms with Gasteiger partial charge in [0.1, 0.15) is 0 Å². The van der Waals surface area contributed by atoms with E-state index >= 15 is 0 Å². The first-order valence-electron chi connectivity index (χ1n) is 10.0. The largest absolute Gasteiger partial charge is 0.450 e. The van der Waals surface area contributed by atoms with E-state index in [1.54, 1.807) is 18.5 Å². The lowest BCUT2D eigenvalue weighted by Gasteiger charge is -2.33. The van der Waals surface area contributed by atoms with Crippen molar-refractivity contribution >= 4 is 49.3 Å². The summed E-state index contributed by atoms with van der Waals surface area (Å²) in [5.74, 6) is -0.333. The Bertz CT molecular complexity index is 1230. The Balaban J connectivity index is 1.41. The van der Waals surface area contributed by atoms with Crippen molar-refractivity contribution < 1.29 is 22.7 Å². The van der Waals surface area contributed by atoms with Crippen LogP contribution in [0.15, 0.2) is 52.9 Å². The fourth-order valence-corrected chi connectivity index (χ4v) is 5.53. The number of nitrogens with one attached hydrogen (secondary N) is 1. The average Bonchev–Trinajstić information content (AvgIpc) is 3.27. The van der Waals surface area contributed by atoms with Crippen molar-refractivity contribution in [1.29, 1.82) is 0 Å². The summed E-state index contributed by atoms with van der Waals surface area (Å²) in [6.45, 7) is 2.90. The number of nitrogens with zero attached hydrogens (tertiary/aromatic N) is 3. The molecule has 11 heteroatoms. The van der Waals surface area contributed by atoms with Crippen molar-refractivity contribution in [2.45, 2.75) is 11.8 Å². The monoisotopic (exact) mass is 474 g/mol. The highest BCUT2D eigenvalue weighted by Gasteiger charge is 2.30. The van der Waals surface area contributed by atoms with Crippen LogP contribution in [0.1, 0.15) is 17.3 Å². The van der Waals surface area contributed by atoms with E-state index in [1.165, 1.54) is 44.8 Å². The number of aromatic nitrogens is 1. The van der Waals surface area contributed by atoms with Crippen molar-refractivity contribution in [3.8, 4) is 0 Å². The van der Waals surface area contributed by atoms with Gasteiger partial charge in [0.15, 0.2) is 0 Å². The lowest BCUT2D eigenvalue weighted by atomic mass is 10.2. The second-order valence-corrected chi connectivity index (χ2v) is 9.93. The van der Waals surface area contributed by atoms with Gasteiger partial charge >= 0.3 is 6.09 Å². The molecule has 4 rings (SSSR count). The molecule has 2 aromatic carbocycles. The number of sulfonamides is 1. The Kier molecular flexibility index (Phi) is 6.40. The van der Waals surface area contributed by atoms with E-state index < -0.39 is 16.1 Å². The van der Waals surface area contributed by atoms with Crippen LogP contribution in [0.3, 0.4) is 0 Å². The van der Waals surface area contributed by atoms with E-state index in [9.17, 15) is 18.0 Å². The zero-order chi connectivity index (χ0) is 22.7. The zero-order valence-electron chi connectivity index (χ0n) is 17.4. The lowest BCUT2D eigenvalue weighted by molar-refractivity contribution is 0.0933. The molecule has 0 bridgehead atoms. The lowest BCUT2D eigenvalue weighted by Crippen LogP contribution is -2.50. The molecule has 168 valence electrons. The quantitative estimate of drug-likeness (QED) is 0.609. The molecule has 0 unspecified atom stereocenters. The van der Waals surface area contributed by atoms with Crippen molar-refractivity contribution in [1.82, 2.24) is 14.2 Å². The standard InChI is InChI=1S/C21H22N4O5S2/c1-2-30-21(27)24-9-11-25(12-10-24)32(28,29)17-6-3-15(4-7-17)20(26)23-16-5-8-18-19(13-16)31-14-22-18/h3-8,13-14H,2,9-12H2,1H3,(H,23,26). The van der Waals surface area contributed by atoms with Crippen molar-refractivity contribution in [2.75, 3.05) is 38.1 Å². The van der Waals surface area contributed by atoms with Crippen molar-refractivity contribution in [2.24, 2.45) is 0 Å². The van der Waals surface area contributed by atoms with Crippen LogP contribution in [-0.4, -0.2) is 67.4 Å². The Morgan fingerprint density at radius 1 is 1.09 bits per heavy atom. The topological polar surface area (TPSA) is 109 Å². The molecule has 1 saturated heterocycles. The number of amides is 2. The fraction of sp³-hybridized carbons (Fsp3) is 0.286. The third-order valence-corrected chi connectivity index (χ3v) is 7.81. The molecule has 2 amide bonds. The molecular weight excluding hydrogens is 452 g/mol. The first-order valence-corrected chi connectivity index (χ1v) is 12.4. The number of piperazine rings is 1. The molecule has 3 aromatic rings. The van der Waals surface area contributed by atoms with E-state index in [0.29, 0.717) is 11.3 Å². The number of hydrogen-bond acceptors (Lipinski definition) is 7. The summed E-state index contributed by atoms with van der Waals surface area (Å²) in [5.41, 5.74) is 3.60. The van der Waals surface area contributed by atoms with Gasteiger partial charge in [-0.3, -0.25) is 4.79 Å². The van der Waals surface area contributed by atoms with Crippen LogP contribution in [-0.2, 0) is 14.8 Å². The Labute approximate surface area is 189 Å². The third kappa shape index (κ3) is 4.59. The minimum atomic E-state index is -3.73. The Morgan fingerprint density at radius 3 is 2.50 bits per heavy atom. The minimum absolute atomic E-state index is 0.102. The van der Waals surface area contributed by atoms with E-state index in [4.69, 9.17) is 4.74 Å². The normalized spacial score (nSPS) is 15.0. The minimum Gasteiger partial charge on any atom is -0.450 e. The van der Waals surface area contributed by atoms with Crippen molar-refractivity contribution in [3.05, 3.63) is 53.5 Å². The Hall–Kier alpha value is -3.02. The molecule has 1 fully saturated rings. The molecule has 0 saturated carbocycles. The van der Waals surface area contributed by atoms with E-state index in [-0.39, 0.29) is 43.6 Å². The van der Waals surface area contributed by atoms with Crippen LogP contribution in [0.2, 0.25) is 0 Å². The highest BCUT2D eigenvalue weighted by atomic mass is 32.2. The van der Waals surface area contributed by atoms with Crippen LogP contribution in [0.25, 0.3) is 10.2 Å². The maximum absolute atomic E-state index is 12.9. The second-order valence-electron chi connectivity index (χ2n) is 7.10. The van der Waals surface area contributed by atoms with Crippen LogP contribution >= 0.6 is 11.3 Å². The number of thiazole rings is 1. The van der Waals surface area contributed by atoms with Gasteiger partial charge in [0.25, 0.3) is 5.91 Å². The molecule has 0 spiro atoms. The molecule has 1 aromatic heterocycles.